The first-order valence-corrected chi connectivity index (χ1v) is 6.69. The topological polar surface area (TPSA) is 53.1 Å². The van der Waals surface area contributed by atoms with Crippen molar-refractivity contribution in [1.29, 1.82) is 0 Å². The lowest BCUT2D eigenvalue weighted by molar-refractivity contribution is -0.00174. The number of hydrogen-bond acceptors (Lipinski definition) is 3. The average Bonchev–Trinajstić information content (AvgIpc) is 3.09. The summed E-state index contributed by atoms with van der Waals surface area (Å²) in [6.07, 6.45) is 5.92. The monoisotopic (exact) mass is 257 g/mol. The van der Waals surface area contributed by atoms with Gasteiger partial charge < -0.3 is 10.5 Å². The first kappa shape index (κ1) is 12.4. The van der Waals surface area contributed by atoms with E-state index in [1.165, 1.54) is 0 Å². The van der Waals surface area contributed by atoms with Crippen LogP contribution in [0.15, 0.2) is 42.7 Å². The lowest BCUT2D eigenvalue weighted by Crippen LogP contribution is -2.37. The minimum absolute atomic E-state index is 0.132. The Kier molecular flexibility index (Phi) is 3.12. The molecule has 0 spiro atoms. The molecular formula is C15H19N3O. The minimum atomic E-state index is -0.259. The van der Waals surface area contributed by atoms with Gasteiger partial charge in [-0.2, -0.15) is 5.10 Å². The molecule has 2 unspecified atom stereocenters. The van der Waals surface area contributed by atoms with Crippen LogP contribution in [0.1, 0.15) is 31.4 Å². The third-order valence-electron chi connectivity index (χ3n) is 3.89. The number of aromatic nitrogens is 2. The SMILES string of the molecule is CC1(C(N)c2cnn(-c3ccccc3)c2)CCCO1. The van der Waals surface area contributed by atoms with Crippen LogP contribution in [0.25, 0.3) is 5.69 Å². The van der Waals surface area contributed by atoms with Gasteiger partial charge in [-0.3, -0.25) is 0 Å². The van der Waals surface area contributed by atoms with Crippen molar-refractivity contribution in [2.24, 2.45) is 5.73 Å². The van der Waals surface area contributed by atoms with E-state index in [-0.39, 0.29) is 11.6 Å². The van der Waals surface area contributed by atoms with E-state index in [1.54, 1.807) is 0 Å². The van der Waals surface area contributed by atoms with Crippen molar-refractivity contribution in [2.45, 2.75) is 31.4 Å². The van der Waals surface area contributed by atoms with Gasteiger partial charge in [0.1, 0.15) is 0 Å². The molecule has 0 aliphatic carbocycles. The highest BCUT2D eigenvalue weighted by atomic mass is 16.5. The summed E-state index contributed by atoms with van der Waals surface area (Å²) in [4.78, 5) is 0. The molecule has 2 heterocycles. The van der Waals surface area contributed by atoms with Gasteiger partial charge in [0, 0.05) is 18.4 Å². The third-order valence-corrected chi connectivity index (χ3v) is 3.89. The standard InChI is InChI=1S/C15H19N3O/c1-15(8-5-9-19-15)14(16)12-10-17-18(11-12)13-6-3-2-4-7-13/h2-4,6-7,10-11,14H,5,8-9,16H2,1H3. The van der Waals surface area contributed by atoms with Crippen molar-refractivity contribution in [1.82, 2.24) is 9.78 Å². The molecule has 4 nitrogen and oxygen atoms in total. The zero-order valence-corrected chi connectivity index (χ0v) is 11.1. The zero-order valence-electron chi connectivity index (χ0n) is 11.1. The van der Waals surface area contributed by atoms with Crippen molar-refractivity contribution in [2.75, 3.05) is 6.61 Å². The first-order valence-electron chi connectivity index (χ1n) is 6.69. The highest BCUT2D eigenvalue weighted by molar-refractivity contribution is 5.31. The summed E-state index contributed by atoms with van der Waals surface area (Å²) in [6, 6.07) is 9.90. The number of benzene rings is 1. The van der Waals surface area contributed by atoms with Gasteiger partial charge in [-0.05, 0) is 31.9 Å². The Morgan fingerprint density at radius 1 is 1.37 bits per heavy atom. The van der Waals surface area contributed by atoms with Gasteiger partial charge in [0.25, 0.3) is 0 Å². The summed E-state index contributed by atoms with van der Waals surface area (Å²) in [7, 11) is 0. The van der Waals surface area contributed by atoms with Crippen LogP contribution in [0.4, 0.5) is 0 Å². The van der Waals surface area contributed by atoms with Crippen molar-refractivity contribution in [3.63, 3.8) is 0 Å². The molecule has 0 amide bonds. The van der Waals surface area contributed by atoms with Gasteiger partial charge in [-0.1, -0.05) is 18.2 Å². The quantitative estimate of drug-likeness (QED) is 0.918. The summed E-state index contributed by atoms with van der Waals surface area (Å²) in [6.45, 7) is 2.89. The molecule has 1 aromatic carbocycles. The Balaban J connectivity index is 1.85. The Bertz CT molecular complexity index is 544. The second-order valence-corrected chi connectivity index (χ2v) is 5.30. The normalized spacial score (nSPS) is 24.5. The second-order valence-electron chi connectivity index (χ2n) is 5.30. The molecule has 1 saturated heterocycles. The van der Waals surface area contributed by atoms with Crippen LogP contribution in [-0.4, -0.2) is 22.0 Å². The molecule has 2 N–H and O–H groups in total. The number of ether oxygens (including phenoxy) is 1. The Labute approximate surface area is 113 Å². The number of hydrogen-bond donors (Lipinski definition) is 1. The number of nitrogens with two attached hydrogens (primary N) is 1. The van der Waals surface area contributed by atoms with Gasteiger partial charge in [0.05, 0.1) is 23.5 Å². The van der Waals surface area contributed by atoms with Crippen molar-refractivity contribution in [3.05, 3.63) is 48.3 Å². The highest BCUT2D eigenvalue weighted by Crippen LogP contribution is 2.35. The fraction of sp³-hybridized carbons (Fsp3) is 0.400. The molecule has 1 fully saturated rings. The molecule has 100 valence electrons. The van der Waals surface area contributed by atoms with E-state index in [1.807, 2.05) is 47.4 Å². The number of nitrogens with zero attached hydrogens (tertiary/aromatic N) is 2. The first-order chi connectivity index (χ1) is 9.19. The minimum Gasteiger partial charge on any atom is -0.373 e. The molecule has 1 aliphatic rings. The predicted octanol–water partition coefficient (Wildman–Crippen LogP) is 2.44. The third kappa shape index (κ3) is 2.29. The molecule has 0 saturated carbocycles. The second kappa shape index (κ2) is 4.79. The zero-order chi connectivity index (χ0) is 13.3. The summed E-state index contributed by atoms with van der Waals surface area (Å²) in [5.74, 6) is 0. The fourth-order valence-corrected chi connectivity index (χ4v) is 2.62. The molecule has 1 aromatic heterocycles. The van der Waals surface area contributed by atoms with Crippen LogP contribution >= 0.6 is 0 Å². The van der Waals surface area contributed by atoms with E-state index in [9.17, 15) is 0 Å². The highest BCUT2D eigenvalue weighted by Gasteiger charge is 2.37. The van der Waals surface area contributed by atoms with Crippen molar-refractivity contribution < 1.29 is 4.74 Å². The summed E-state index contributed by atoms with van der Waals surface area (Å²) in [5.41, 5.74) is 8.15. The molecule has 0 radical (unpaired) electrons. The largest absolute Gasteiger partial charge is 0.373 e. The Hall–Kier alpha value is -1.65. The van der Waals surface area contributed by atoms with Gasteiger partial charge in [0.15, 0.2) is 0 Å². The maximum absolute atomic E-state index is 6.35. The number of para-hydroxylation sites is 1. The van der Waals surface area contributed by atoms with Gasteiger partial charge >= 0.3 is 0 Å². The van der Waals surface area contributed by atoms with Crippen LogP contribution < -0.4 is 5.73 Å². The average molecular weight is 257 g/mol. The fourth-order valence-electron chi connectivity index (χ4n) is 2.62. The smallest absolute Gasteiger partial charge is 0.0848 e. The number of rotatable bonds is 3. The van der Waals surface area contributed by atoms with Crippen LogP contribution in [0.5, 0.6) is 0 Å². The summed E-state index contributed by atoms with van der Waals surface area (Å²) >= 11 is 0. The molecule has 4 heteroatoms. The van der Waals surface area contributed by atoms with Gasteiger partial charge in [-0.25, -0.2) is 4.68 Å². The predicted molar refractivity (Wildman–Crippen MR) is 74.1 cm³/mol. The van der Waals surface area contributed by atoms with E-state index in [2.05, 4.69) is 12.0 Å². The molecule has 2 aromatic rings. The van der Waals surface area contributed by atoms with Crippen LogP contribution in [0.2, 0.25) is 0 Å². The van der Waals surface area contributed by atoms with Crippen molar-refractivity contribution in [3.8, 4) is 5.69 Å². The summed E-state index contributed by atoms with van der Waals surface area (Å²) in [5, 5.41) is 4.39. The van der Waals surface area contributed by atoms with E-state index in [0.29, 0.717) is 0 Å². The molecule has 0 bridgehead atoms. The molecule has 2 atom stereocenters. The molecule has 19 heavy (non-hydrogen) atoms. The van der Waals surface area contributed by atoms with Crippen LogP contribution in [0.3, 0.4) is 0 Å². The van der Waals surface area contributed by atoms with Gasteiger partial charge in [0.2, 0.25) is 0 Å². The van der Waals surface area contributed by atoms with Crippen LogP contribution in [-0.2, 0) is 4.74 Å². The Morgan fingerprint density at radius 3 is 2.84 bits per heavy atom. The van der Waals surface area contributed by atoms with E-state index < -0.39 is 0 Å². The Morgan fingerprint density at radius 2 is 2.16 bits per heavy atom. The van der Waals surface area contributed by atoms with E-state index in [0.717, 1.165) is 30.7 Å². The maximum Gasteiger partial charge on any atom is 0.0848 e. The molecule has 1 aliphatic heterocycles. The lowest BCUT2D eigenvalue weighted by atomic mass is 9.90. The van der Waals surface area contributed by atoms with E-state index >= 15 is 0 Å². The van der Waals surface area contributed by atoms with Gasteiger partial charge in [-0.15, -0.1) is 0 Å². The molecular weight excluding hydrogens is 238 g/mol. The molecule has 3 rings (SSSR count). The maximum atomic E-state index is 6.35. The van der Waals surface area contributed by atoms with E-state index in [4.69, 9.17) is 10.5 Å². The summed E-state index contributed by atoms with van der Waals surface area (Å²) < 4.78 is 7.66. The van der Waals surface area contributed by atoms with Crippen LogP contribution in [0, 0.1) is 0 Å². The lowest BCUT2D eigenvalue weighted by Gasteiger charge is -2.29. The van der Waals surface area contributed by atoms with Crippen molar-refractivity contribution >= 4 is 0 Å².